The van der Waals surface area contributed by atoms with Crippen molar-refractivity contribution in [3.8, 4) is 0 Å². The van der Waals surface area contributed by atoms with Crippen molar-refractivity contribution in [1.29, 1.82) is 0 Å². The molecule has 2 aromatic rings. The summed E-state index contributed by atoms with van der Waals surface area (Å²) in [4.78, 5) is 17.2. The lowest BCUT2D eigenvalue weighted by atomic mass is 10.3. The molecule has 1 heterocycles. The monoisotopic (exact) mass is 287 g/mol. The third-order valence-corrected chi connectivity index (χ3v) is 3.03. The molecule has 7 heteroatoms. The summed E-state index contributed by atoms with van der Waals surface area (Å²) in [5, 5.41) is 0. The maximum Gasteiger partial charge on any atom is 0.242 e. The number of nitrogens with zero attached hydrogens (tertiary/aromatic N) is 3. The summed E-state index contributed by atoms with van der Waals surface area (Å²) in [5.74, 6) is -1.91. The Morgan fingerprint density at radius 2 is 2.11 bits per heavy atom. The first-order chi connectivity index (χ1) is 8.95. The molecule has 0 saturated carbocycles. The fourth-order valence-corrected chi connectivity index (χ4v) is 1.96. The number of amides is 1. The molecule has 2 rings (SSSR count). The largest absolute Gasteiger partial charge is 0.347 e. The first-order valence-electron chi connectivity index (χ1n) is 5.55. The van der Waals surface area contributed by atoms with Crippen LogP contribution in [0.2, 0.25) is 0 Å². The van der Waals surface area contributed by atoms with Crippen molar-refractivity contribution in [2.75, 3.05) is 14.1 Å². The van der Waals surface area contributed by atoms with Crippen LogP contribution in [0.4, 0.5) is 8.78 Å². The van der Waals surface area contributed by atoms with Crippen LogP contribution < -0.4 is 0 Å². The van der Waals surface area contributed by atoms with E-state index < -0.39 is 11.6 Å². The van der Waals surface area contributed by atoms with Crippen molar-refractivity contribution in [3.05, 3.63) is 29.6 Å². The molecule has 0 spiro atoms. The van der Waals surface area contributed by atoms with Crippen LogP contribution in [0, 0.1) is 11.6 Å². The van der Waals surface area contributed by atoms with Crippen molar-refractivity contribution in [2.24, 2.45) is 0 Å². The van der Waals surface area contributed by atoms with Gasteiger partial charge in [-0.2, -0.15) is 0 Å². The van der Waals surface area contributed by atoms with Crippen molar-refractivity contribution in [1.82, 2.24) is 14.5 Å². The molecule has 0 fully saturated rings. The fourth-order valence-electron chi connectivity index (χ4n) is 1.75. The molecule has 0 saturated heterocycles. The van der Waals surface area contributed by atoms with E-state index in [1.165, 1.54) is 15.5 Å². The van der Waals surface area contributed by atoms with E-state index >= 15 is 0 Å². The Hall–Kier alpha value is -1.69. The van der Waals surface area contributed by atoms with Crippen LogP contribution in [0.5, 0.6) is 0 Å². The number of alkyl halides is 1. The van der Waals surface area contributed by atoms with Gasteiger partial charge in [-0.3, -0.25) is 4.79 Å². The average Bonchev–Trinajstić information content (AvgIpc) is 2.72. The van der Waals surface area contributed by atoms with Crippen LogP contribution in [0.15, 0.2) is 12.1 Å². The normalized spacial score (nSPS) is 11.0. The second-order valence-corrected chi connectivity index (χ2v) is 4.53. The maximum atomic E-state index is 13.9. The molecule has 0 radical (unpaired) electrons. The summed E-state index contributed by atoms with van der Waals surface area (Å²) in [6.07, 6.45) is 0. The minimum Gasteiger partial charge on any atom is -0.347 e. The number of hydrogen-bond acceptors (Lipinski definition) is 2. The van der Waals surface area contributed by atoms with Crippen LogP contribution in [0.3, 0.4) is 0 Å². The van der Waals surface area contributed by atoms with Crippen LogP contribution in [-0.2, 0) is 17.2 Å². The van der Waals surface area contributed by atoms with E-state index in [0.29, 0.717) is 5.82 Å². The van der Waals surface area contributed by atoms with E-state index in [0.717, 1.165) is 6.07 Å². The number of imidazole rings is 1. The highest BCUT2D eigenvalue weighted by molar-refractivity contribution is 6.16. The number of fused-ring (bicyclic) bond motifs is 1. The molecule has 0 N–H and O–H groups in total. The van der Waals surface area contributed by atoms with Gasteiger partial charge >= 0.3 is 0 Å². The van der Waals surface area contributed by atoms with E-state index in [1.807, 2.05) is 0 Å². The lowest BCUT2D eigenvalue weighted by Gasteiger charge is -2.13. The number of halogens is 3. The molecule has 102 valence electrons. The van der Waals surface area contributed by atoms with E-state index in [2.05, 4.69) is 4.98 Å². The highest BCUT2D eigenvalue weighted by atomic mass is 35.5. The first kappa shape index (κ1) is 13.7. The van der Waals surface area contributed by atoms with Crippen LogP contribution in [0.1, 0.15) is 5.82 Å². The Morgan fingerprint density at radius 3 is 2.68 bits per heavy atom. The van der Waals surface area contributed by atoms with Crippen LogP contribution >= 0.6 is 11.6 Å². The van der Waals surface area contributed by atoms with Crippen molar-refractivity contribution in [3.63, 3.8) is 0 Å². The summed E-state index contributed by atoms with van der Waals surface area (Å²) < 4.78 is 28.5. The fraction of sp³-hybridized carbons (Fsp3) is 0.333. The third-order valence-electron chi connectivity index (χ3n) is 2.79. The van der Waals surface area contributed by atoms with E-state index in [9.17, 15) is 13.6 Å². The minimum atomic E-state index is -1.02. The first-order valence-corrected chi connectivity index (χ1v) is 6.08. The molecule has 1 amide bonds. The van der Waals surface area contributed by atoms with Gasteiger partial charge in [0.25, 0.3) is 0 Å². The second-order valence-electron chi connectivity index (χ2n) is 4.27. The number of benzene rings is 1. The molecule has 4 nitrogen and oxygen atoms in total. The average molecular weight is 288 g/mol. The molecule has 0 aliphatic heterocycles. The standard InChI is InChI=1S/C12H12ClF2N3O/c1-17(2)10(19)6-18-9(5-13)16-8-4-3-7(14)11(15)12(8)18/h3-4H,5-6H2,1-2H3. The van der Waals surface area contributed by atoms with Gasteiger partial charge in [0.05, 0.1) is 11.4 Å². The Kier molecular flexibility index (Phi) is 3.71. The molecule has 0 aliphatic rings. The van der Waals surface area contributed by atoms with Crippen molar-refractivity contribution >= 4 is 28.5 Å². The van der Waals surface area contributed by atoms with E-state index in [-0.39, 0.29) is 29.4 Å². The van der Waals surface area contributed by atoms with Gasteiger partial charge in [-0.25, -0.2) is 13.8 Å². The van der Waals surface area contributed by atoms with E-state index in [1.54, 1.807) is 14.1 Å². The molecule has 1 aromatic carbocycles. The Morgan fingerprint density at radius 1 is 1.42 bits per heavy atom. The summed E-state index contributed by atoms with van der Waals surface area (Å²) in [7, 11) is 3.16. The van der Waals surface area contributed by atoms with Gasteiger partial charge in [-0.05, 0) is 12.1 Å². The van der Waals surface area contributed by atoms with Gasteiger partial charge in [-0.1, -0.05) is 0 Å². The van der Waals surface area contributed by atoms with Gasteiger partial charge in [0.15, 0.2) is 11.6 Å². The topological polar surface area (TPSA) is 38.1 Å². The number of hydrogen-bond donors (Lipinski definition) is 0. The lowest BCUT2D eigenvalue weighted by molar-refractivity contribution is -0.129. The molecule has 0 atom stereocenters. The molecule has 0 unspecified atom stereocenters. The Balaban J connectivity index is 2.62. The van der Waals surface area contributed by atoms with Crippen molar-refractivity contribution < 1.29 is 13.6 Å². The molecular weight excluding hydrogens is 276 g/mol. The summed E-state index contributed by atoms with van der Waals surface area (Å²) in [6, 6.07) is 2.36. The predicted octanol–water partition coefficient (Wildman–Crippen LogP) is 2.14. The highest BCUT2D eigenvalue weighted by Crippen LogP contribution is 2.22. The highest BCUT2D eigenvalue weighted by Gasteiger charge is 2.19. The number of carbonyl (C=O) groups is 1. The zero-order valence-electron chi connectivity index (χ0n) is 10.5. The second kappa shape index (κ2) is 5.13. The molecule has 0 aliphatic carbocycles. The Labute approximate surface area is 113 Å². The van der Waals surface area contributed by atoms with Crippen LogP contribution in [0.25, 0.3) is 11.0 Å². The quantitative estimate of drug-likeness (QED) is 0.811. The van der Waals surface area contributed by atoms with Crippen LogP contribution in [-0.4, -0.2) is 34.5 Å². The van der Waals surface area contributed by atoms with Gasteiger partial charge < -0.3 is 9.47 Å². The summed E-state index contributed by atoms with van der Waals surface area (Å²) in [5.41, 5.74) is 0.243. The SMILES string of the molecule is CN(C)C(=O)Cn1c(CCl)nc2ccc(F)c(F)c21. The smallest absolute Gasteiger partial charge is 0.242 e. The minimum absolute atomic E-state index is 0.0104. The summed E-state index contributed by atoms with van der Waals surface area (Å²) in [6.45, 7) is -0.133. The maximum absolute atomic E-state index is 13.9. The van der Waals surface area contributed by atoms with Gasteiger partial charge in [-0.15, -0.1) is 11.6 Å². The number of carbonyl (C=O) groups excluding carboxylic acids is 1. The van der Waals surface area contributed by atoms with Gasteiger partial charge in [0.1, 0.15) is 17.9 Å². The van der Waals surface area contributed by atoms with Gasteiger partial charge in [0.2, 0.25) is 5.91 Å². The van der Waals surface area contributed by atoms with E-state index in [4.69, 9.17) is 11.6 Å². The van der Waals surface area contributed by atoms with Gasteiger partial charge in [0, 0.05) is 14.1 Å². The molecule has 0 bridgehead atoms. The lowest BCUT2D eigenvalue weighted by Crippen LogP contribution is -2.27. The number of likely N-dealkylation sites (N-methyl/N-ethyl adjacent to an activating group) is 1. The van der Waals surface area contributed by atoms with Crippen molar-refractivity contribution in [2.45, 2.75) is 12.4 Å². The summed E-state index contributed by atoms with van der Waals surface area (Å²) >= 11 is 5.73. The Bertz CT molecular complexity index is 639. The predicted molar refractivity (Wildman–Crippen MR) is 67.9 cm³/mol. The zero-order valence-corrected chi connectivity index (χ0v) is 11.2. The third kappa shape index (κ3) is 2.40. The molecule has 1 aromatic heterocycles. The number of aromatic nitrogens is 2. The molecular formula is C12H12ClF2N3O. The number of rotatable bonds is 3. The zero-order chi connectivity index (χ0) is 14.2. The molecule has 19 heavy (non-hydrogen) atoms.